The number of nitrogens with zero attached hydrogens (tertiary/aromatic N) is 6. The van der Waals surface area contributed by atoms with E-state index in [-0.39, 0.29) is 6.04 Å². The largest absolute Gasteiger partial charge is 0.494 e. The number of hydrogen-bond acceptors (Lipinski definition) is 6. The molecule has 1 fully saturated rings. The van der Waals surface area contributed by atoms with Crippen LogP contribution in [0.3, 0.4) is 0 Å². The van der Waals surface area contributed by atoms with Crippen molar-refractivity contribution in [2.24, 2.45) is 0 Å². The smallest absolute Gasteiger partial charge is 0.178 e. The molecule has 1 aromatic heterocycles. The number of aryl methyl sites for hydroxylation is 2. The SMILES string of the molecule is CCOc1ccc([C@H](c2nnnn2-c2c(C)cccc2C)N2CCN(CC=Cc3ccccc3)CC2)cc1. The molecule has 196 valence electrons. The van der Waals surface area contributed by atoms with Gasteiger partial charge in [-0.1, -0.05) is 72.8 Å². The van der Waals surface area contributed by atoms with Gasteiger partial charge in [0.1, 0.15) is 5.75 Å². The summed E-state index contributed by atoms with van der Waals surface area (Å²) in [5.41, 5.74) is 5.75. The number of benzene rings is 3. The predicted octanol–water partition coefficient (Wildman–Crippen LogP) is 5.10. The lowest BCUT2D eigenvalue weighted by Crippen LogP contribution is -2.48. The first-order valence-corrected chi connectivity index (χ1v) is 13.4. The molecule has 38 heavy (non-hydrogen) atoms. The van der Waals surface area contributed by atoms with Crippen molar-refractivity contribution >= 4 is 6.08 Å². The summed E-state index contributed by atoms with van der Waals surface area (Å²) in [4.78, 5) is 5.00. The number of para-hydroxylation sites is 1. The molecule has 0 N–H and O–H groups in total. The first kappa shape index (κ1) is 25.8. The van der Waals surface area contributed by atoms with Crippen molar-refractivity contribution in [3.05, 3.63) is 107 Å². The zero-order chi connectivity index (χ0) is 26.3. The molecule has 1 saturated heterocycles. The second-order valence-electron chi connectivity index (χ2n) is 9.74. The average molecular weight is 509 g/mol. The van der Waals surface area contributed by atoms with E-state index in [2.05, 4.69) is 106 Å². The Bertz CT molecular complexity index is 1320. The number of tetrazole rings is 1. The van der Waals surface area contributed by atoms with E-state index in [1.165, 1.54) is 5.56 Å². The minimum atomic E-state index is -0.0679. The van der Waals surface area contributed by atoms with E-state index in [0.29, 0.717) is 6.61 Å². The van der Waals surface area contributed by atoms with E-state index in [4.69, 9.17) is 4.74 Å². The fourth-order valence-electron chi connectivity index (χ4n) is 5.21. The van der Waals surface area contributed by atoms with Gasteiger partial charge < -0.3 is 4.74 Å². The fourth-order valence-corrected chi connectivity index (χ4v) is 5.21. The lowest BCUT2D eigenvalue weighted by molar-refractivity contribution is 0.113. The number of aromatic nitrogens is 4. The van der Waals surface area contributed by atoms with Crippen LogP contribution in [0, 0.1) is 13.8 Å². The Balaban J connectivity index is 1.39. The van der Waals surface area contributed by atoms with Crippen LogP contribution in [0.5, 0.6) is 5.75 Å². The molecule has 4 aromatic rings. The normalized spacial score (nSPS) is 15.7. The fraction of sp³-hybridized carbons (Fsp3) is 0.323. The van der Waals surface area contributed by atoms with Gasteiger partial charge in [0.25, 0.3) is 0 Å². The zero-order valence-electron chi connectivity index (χ0n) is 22.5. The summed E-state index contributed by atoms with van der Waals surface area (Å²) in [5.74, 6) is 1.71. The van der Waals surface area contributed by atoms with Crippen LogP contribution in [0.15, 0.2) is 78.9 Å². The predicted molar refractivity (Wildman–Crippen MR) is 152 cm³/mol. The standard InChI is InChI=1S/C31H36N6O/c1-4-38-28-17-15-27(16-18-28)30(31-32-33-34-37(31)29-24(2)10-8-11-25(29)3)36-22-20-35(21-23-36)19-9-14-26-12-6-5-7-13-26/h5-18,30H,4,19-23H2,1-3H3/t30-/m1/s1. The highest BCUT2D eigenvalue weighted by Crippen LogP contribution is 2.32. The van der Waals surface area contributed by atoms with Gasteiger partial charge in [-0.15, -0.1) is 5.10 Å². The van der Waals surface area contributed by atoms with Crippen LogP contribution in [0.4, 0.5) is 0 Å². The molecule has 5 rings (SSSR count). The summed E-state index contributed by atoms with van der Waals surface area (Å²) in [6.07, 6.45) is 4.46. The van der Waals surface area contributed by atoms with E-state index in [1.807, 2.05) is 29.8 Å². The Morgan fingerprint density at radius 3 is 2.26 bits per heavy atom. The monoisotopic (exact) mass is 508 g/mol. The van der Waals surface area contributed by atoms with Crippen LogP contribution in [-0.4, -0.2) is 69.3 Å². The molecule has 0 radical (unpaired) electrons. The molecule has 1 aliphatic rings. The van der Waals surface area contributed by atoms with Crippen LogP contribution >= 0.6 is 0 Å². The lowest BCUT2D eigenvalue weighted by Gasteiger charge is -2.38. The molecule has 2 heterocycles. The number of ether oxygens (including phenoxy) is 1. The van der Waals surface area contributed by atoms with Crippen LogP contribution in [0.1, 0.15) is 41.0 Å². The molecule has 3 aromatic carbocycles. The topological polar surface area (TPSA) is 59.3 Å². The van der Waals surface area contributed by atoms with Gasteiger partial charge in [-0.3, -0.25) is 9.80 Å². The molecule has 1 atom stereocenters. The molecule has 7 nitrogen and oxygen atoms in total. The molecule has 0 amide bonds. The summed E-state index contributed by atoms with van der Waals surface area (Å²) in [7, 11) is 0. The van der Waals surface area contributed by atoms with Crippen LogP contribution in [-0.2, 0) is 0 Å². The Labute approximate surface area is 225 Å². The van der Waals surface area contributed by atoms with Crippen molar-refractivity contribution in [1.29, 1.82) is 0 Å². The van der Waals surface area contributed by atoms with E-state index in [0.717, 1.165) is 66.7 Å². The number of rotatable bonds is 9. The minimum absolute atomic E-state index is 0.0679. The third kappa shape index (κ3) is 5.85. The van der Waals surface area contributed by atoms with Crippen LogP contribution in [0.2, 0.25) is 0 Å². The number of piperazine rings is 1. The van der Waals surface area contributed by atoms with Crippen molar-refractivity contribution in [2.45, 2.75) is 26.8 Å². The Morgan fingerprint density at radius 1 is 0.868 bits per heavy atom. The Morgan fingerprint density at radius 2 is 1.58 bits per heavy atom. The lowest BCUT2D eigenvalue weighted by atomic mass is 10.0. The van der Waals surface area contributed by atoms with Crippen molar-refractivity contribution in [2.75, 3.05) is 39.3 Å². The highest BCUT2D eigenvalue weighted by Gasteiger charge is 2.31. The molecular weight excluding hydrogens is 472 g/mol. The van der Waals surface area contributed by atoms with Gasteiger partial charge >= 0.3 is 0 Å². The molecular formula is C31H36N6O. The van der Waals surface area contributed by atoms with Crippen molar-refractivity contribution in [3.63, 3.8) is 0 Å². The second-order valence-corrected chi connectivity index (χ2v) is 9.74. The molecule has 1 aliphatic heterocycles. The molecule has 0 spiro atoms. The van der Waals surface area contributed by atoms with E-state index in [9.17, 15) is 0 Å². The van der Waals surface area contributed by atoms with E-state index in [1.54, 1.807) is 0 Å². The first-order chi connectivity index (χ1) is 18.6. The zero-order valence-corrected chi connectivity index (χ0v) is 22.5. The highest BCUT2D eigenvalue weighted by atomic mass is 16.5. The van der Waals surface area contributed by atoms with Crippen molar-refractivity contribution < 1.29 is 4.74 Å². The maximum atomic E-state index is 5.71. The van der Waals surface area contributed by atoms with Crippen LogP contribution in [0.25, 0.3) is 11.8 Å². The Hall–Kier alpha value is -3.81. The third-order valence-corrected chi connectivity index (χ3v) is 7.14. The van der Waals surface area contributed by atoms with Crippen molar-refractivity contribution in [1.82, 2.24) is 30.0 Å². The maximum Gasteiger partial charge on any atom is 0.178 e. The summed E-state index contributed by atoms with van der Waals surface area (Å²) in [6.45, 7) is 11.6. The van der Waals surface area contributed by atoms with Gasteiger partial charge in [-0.2, -0.15) is 4.68 Å². The first-order valence-electron chi connectivity index (χ1n) is 13.4. The van der Waals surface area contributed by atoms with Crippen LogP contribution < -0.4 is 4.74 Å². The Kier molecular flexibility index (Phi) is 8.26. The molecule has 0 bridgehead atoms. The van der Waals surface area contributed by atoms with Gasteiger partial charge in [-0.25, -0.2) is 0 Å². The summed E-state index contributed by atoms with van der Waals surface area (Å²) >= 11 is 0. The van der Waals surface area contributed by atoms with Gasteiger partial charge in [-0.05, 0) is 65.6 Å². The van der Waals surface area contributed by atoms with Gasteiger partial charge in [0.05, 0.1) is 18.3 Å². The molecule has 7 heteroatoms. The molecule has 0 unspecified atom stereocenters. The van der Waals surface area contributed by atoms with Gasteiger partial charge in [0.15, 0.2) is 5.82 Å². The second kappa shape index (κ2) is 12.2. The minimum Gasteiger partial charge on any atom is -0.494 e. The maximum absolute atomic E-state index is 5.71. The van der Waals surface area contributed by atoms with Gasteiger partial charge in [0.2, 0.25) is 0 Å². The van der Waals surface area contributed by atoms with Gasteiger partial charge in [0, 0.05) is 32.7 Å². The summed E-state index contributed by atoms with van der Waals surface area (Å²) in [5, 5.41) is 13.2. The van der Waals surface area contributed by atoms with E-state index < -0.39 is 0 Å². The summed E-state index contributed by atoms with van der Waals surface area (Å²) < 4.78 is 7.64. The van der Waals surface area contributed by atoms with E-state index >= 15 is 0 Å². The third-order valence-electron chi connectivity index (χ3n) is 7.14. The quantitative estimate of drug-likeness (QED) is 0.314. The summed E-state index contributed by atoms with van der Waals surface area (Å²) in [6, 6.07) is 25.1. The highest BCUT2D eigenvalue weighted by molar-refractivity contribution is 5.49. The van der Waals surface area contributed by atoms with Crippen molar-refractivity contribution in [3.8, 4) is 11.4 Å². The molecule has 0 saturated carbocycles. The molecule has 0 aliphatic carbocycles. The average Bonchev–Trinajstić information content (AvgIpc) is 3.40. The number of hydrogen-bond donors (Lipinski definition) is 0.